The molecule has 3 aromatic rings. The zero-order chi connectivity index (χ0) is 24.1. The SMILES string of the molecule is CO[C@@H](c1ccc(-n2ncc3ccccc3c2=O)cc1)[C@@H](C)/C=C/CC(=O)N1CCC[C@H]1CO. The molecule has 1 fully saturated rings. The standard InChI is InChI=1S/C27H31N3O4/c1-19(7-5-11-25(32)29-16-6-9-23(29)18-31)26(34-2)20-12-14-22(15-13-20)30-27(33)24-10-4-3-8-21(24)17-28-30/h3-5,7-8,10,12-15,17,19,23,26,31H,6,9,11,16,18H2,1-2H3/b7-5+/t19-,23-,26+/m0/s1. The van der Waals surface area contributed by atoms with Gasteiger partial charge < -0.3 is 14.7 Å². The number of carbonyl (C=O) groups is 1. The van der Waals surface area contributed by atoms with Crippen molar-refractivity contribution >= 4 is 16.7 Å². The largest absolute Gasteiger partial charge is 0.394 e. The second kappa shape index (κ2) is 10.8. The van der Waals surface area contributed by atoms with Crippen LogP contribution in [0.1, 0.15) is 37.9 Å². The van der Waals surface area contributed by atoms with Gasteiger partial charge in [-0.15, -0.1) is 0 Å². The van der Waals surface area contributed by atoms with E-state index in [-0.39, 0.29) is 36.1 Å². The van der Waals surface area contributed by atoms with Gasteiger partial charge in [0.25, 0.3) is 5.56 Å². The summed E-state index contributed by atoms with van der Waals surface area (Å²) >= 11 is 0. The van der Waals surface area contributed by atoms with E-state index in [1.165, 1.54) is 4.68 Å². The molecule has 1 N–H and O–H groups in total. The number of ether oxygens (including phenoxy) is 1. The summed E-state index contributed by atoms with van der Waals surface area (Å²) in [5, 5.41) is 15.2. The number of fused-ring (bicyclic) bond motifs is 1. The minimum absolute atomic E-state index is 0.0223. The third kappa shape index (κ3) is 4.95. The maximum atomic E-state index is 12.8. The number of rotatable bonds is 8. The number of benzene rings is 2. The van der Waals surface area contributed by atoms with Crippen molar-refractivity contribution in [3.63, 3.8) is 0 Å². The molecule has 7 nitrogen and oxygen atoms in total. The molecule has 2 aromatic carbocycles. The number of methoxy groups -OCH3 is 1. The Bertz CT molecular complexity index is 1220. The van der Waals surface area contributed by atoms with Crippen LogP contribution in [0.5, 0.6) is 0 Å². The molecule has 2 heterocycles. The average molecular weight is 462 g/mol. The van der Waals surface area contributed by atoms with Crippen molar-refractivity contribution in [3.05, 3.63) is 82.8 Å². The topological polar surface area (TPSA) is 84.7 Å². The van der Waals surface area contributed by atoms with Gasteiger partial charge in [-0.25, -0.2) is 0 Å². The number of likely N-dealkylation sites (tertiary alicyclic amines) is 1. The molecule has 1 amide bonds. The molecular formula is C27H31N3O4. The van der Waals surface area contributed by atoms with E-state index < -0.39 is 0 Å². The molecule has 7 heteroatoms. The monoisotopic (exact) mass is 461 g/mol. The third-order valence-electron chi connectivity index (χ3n) is 6.53. The van der Waals surface area contributed by atoms with Crippen LogP contribution in [0.25, 0.3) is 16.5 Å². The number of aromatic nitrogens is 2. The van der Waals surface area contributed by atoms with E-state index in [0.29, 0.717) is 17.5 Å². The molecule has 1 aliphatic rings. The molecule has 0 saturated carbocycles. The van der Waals surface area contributed by atoms with Crippen molar-refractivity contribution in [2.75, 3.05) is 20.3 Å². The van der Waals surface area contributed by atoms with Gasteiger partial charge in [0.05, 0.1) is 36.0 Å². The molecule has 1 aromatic heterocycles. The van der Waals surface area contributed by atoms with Crippen LogP contribution in [0.4, 0.5) is 0 Å². The van der Waals surface area contributed by atoms with Gasteiger partial charge >= 0.3 is 0 Å². The Labute approximate surface area is 199 Å². The van der Waals surface area contributed by atoms with Gasteiger partial charge in [-0.1, -0.05) is 49.4 Å². The number of carbonyl (C=O) groups excluding carboxylic acids is 1. The van der Waals surface area contributed by atoms with Crippen LogP contribution in [0.15, 0.2) is 71.7 Å². The van der Waals surface area contributed by atoms with E-state index >= 15 is 0 Å². The van der Waals surface area contributed by atoms with E-state index in [1.807, 2.05) is 61.5 Å². The molecule has 0 unspecified atom stereocenters. The van der Waals surface area contributed by atoms with Gasteiger partial charge in [0.2, 0.25) is 5.91 Å². The lowest BCUT2D eigenvalue weighted by Crippen LogP contribution is -2.37. The third-order valence-corrected chi connectivity index (χ3v) is 6.53. The summed E-state index contributed by atoms with van der Waals surface area (Å²) < 4.78 is 7.16. The maximum Gasteiger partial charge on any atom is 0.279 e. The number of hydrogen-bond donors (Lipinski definition) is 1. The molecule has 178 valence electrons. The summed E-state index contributed by atoms with van der Waals surface area (Å²) in [4.78, 5) is 27.1. The fourth-order valence-corrected chi connectivity index (χ4v) is 4.69. The Morgan fingerprint density at radius 1 is 1.24 bits per heavy atom. The van der Waals surface area contributed by atoms with E-state index in [1.54, 1.807) is 24.3 Å². The van der Waals surface area contributed by atoms with E-state index in [4.69, 9.17) is 4.74 Å². The molecule has 0 spiro atoms. The van der Waals surface area contributed by atoms with Crippen LogP contribution in [0.3, 0.4) is 0 Å². The second-order valence-corrected chi connectivity index (χ2v) is 8.75. The zero-order valence-electron chi connectivity index (χ0n) is 19.6. The fourth-order valence-electron chi connectivity index (χ4n) is 4.69. The van der Waals surface area contributed by atoms with Gasteiger partial charge in [-0.05, 0) is 36.6 Å². The Hall–Kier alpha value is -3.29. The van der Waals surface area contributed by atoms with Gasteiger partial charge in [0, 0.05) is 31.4 Å². The van der Waals surface area contributed by atoms with Gasteiger partial charge in [0.15, 0.2) is 0 Å². The predicted octanol–water partition coefficient (Wildman–Crippen LogP) is 3.64. The molecule has 0 aliphatic carbocycles. The number of aliphatic hydroxyl groups is 1. The first kappa shape index (κ1) is 23.9. The molecule has 1 aliphatic heterocycles. The second-order valence-electron chi connectivity index (χ2n) is 8.75. The van der Waals surface area contributed by atoms with Crippen LogP contribution < -0.4 is 5.56 Å². The predicted molar refractivity (Wildman–Crippen MR) is 132 cm³/mol. The average Bonchev–Trinajstić information content (AvgIpc) is 3.35. The number of amides is 1. The highest BCUT2D eigenvalue weighted by Gasteiger charge is 2.27. The van der Waals surface area contributed by atoms with Gasteiger partial charge in [-0.3, -0.25) is 9.59 Å². The van der Waals surface area contributed by atoms with Crippen molar-refractivity contribution < 1.29 is 14.6 Å². The molecule has 1 saturated heterocycles. The highest BCUT2D eigenvalue weighted by atomic mass is 16.5. The first-order valence-corrected chi connectivity index (χ1v) is 11.7. The van der Waals surface area contributed by atoms with Crippen molar-refractivity contribution in [1.82, 2.24) is 14.7 Å². The Morgan fingerprint density at radius 3 is 2.74 bits per heavy atom. The highest BCUT2D eigenvalue weighted by Crippen LogP contribution is 2.27. The quantitative estimate of drug-likeness (QED) is 0.518. The van der Waals surface area contributed by atoms with Crippen LogP contribution in [-0.2, 0) is 9.53 Å². The number of aliphatic hydroxyl groups excluding tert-OH is 1. The minimum Gasteiger partial charge on any atom is -0.394 e. The first-order chi connectivity index (χ1) is 16.5. The van der Waals surface area contributed by atoms with Crippen LogP contribution in [0.2, 0.25) is 0 Å². The molecule has 34 heavy (non-hydrogen) atoms. The summed E-state index contributed by atoms with van der Waals surface area (Å²) in [5.74, 6) is 0.0871. The Balaban J connectivity index is 1.45. The maximum absolute atomic E-state index is 12.8. The normalized spacial score (nSPS) is 18.0. The van der Waals surface area contributed by atoms with Crippen molar-refractivity contribution in [1.29, 1.82) is 0 Å². The lowest BCUT2D eigenvalue weighted by molar-refractivity contribution is -0.131. The summed E-state index contributed by atoms with van der Waals surface area (Å²) in [6.07, 6.45) is 7.51. The van der Waals surface area contributed by atoms with Crippen LogP contribution in [-0.4, -0.2) is 52.0 Å². The van der Waals surface area contributed by atoms with Gasteiger partial charge in [-0.2, -0.15) is 9.78 Å². The van der Waals surface area contributed by atoms with E-state index in [0.717, 1.165) is 30.3 Å². The van der Waals surface area contributed by atoms with Crippen molar-refractivity contribution in [3.8, 4) is 5.69 Å². The molecule has 3 atom stereocenters. The van der Waals surface area contributed by atoms with Gasteiger partial charge in [0.1, 0.15) is 0 Å². The highest BCUT2D eigenvalue weighted by molar-refractivity contribution is 5.80. The minimum atomic E-state index is -0.196. The lowest BCUT2D eigenvalue weighted by Gasteiger charge is -2.23. The Kier molecular flexibility index (Phi) is 7.55. The molecular weight excluding hydrogens is 430 g/mol. The zero-order valence-corrected chi connectivity index (χ0v) is 19.6. The summed E-state index contributed by atoms with van der Waals surface area (Å²) in [6.45, 7) is 2.79. The van der Waals surface area contributed by atoms with Crippen LogP contribution in [0, 0.1) is 5.92 Å². The summed E-state index contributed by atoms with van der Waals surface area (Å²) in [6, 6.07) is 15.0. The van der Waals surface area contributed by atoms with Crippen LogP contribution >= 0.6 is 0 Å². The van der Waals surface area contributed by atoms with Crippen molar-refractivity contribution in [2.45, 2.75) is 38.3 Å². The molecule has 0 bridgehead atoms. The number of nitrogens with zero attached hydrogens (tertiary/aromatic N) is 3. The molecule has 4 rings (SSSR count). The summed E-state index contributed by atoms with van der Waals surface area (Å²) in [7, 11) is 1.67. The molecule has 0 radical (unpaired) electrons. The van der Waals surface area contributed by atoms with E-state index in [2.05, 4.69) is 5.10 Å². The smallest absolute Gasteiger partial charge is 0.279 e. The fraction of sp³-hybridized carbons (Fsp3) is 0.370. The Morgan fingerprint density at radius 2 is 2.00 bits per heavy atom. The number of hydrogen-bond acceptors (Lipinski definition) is 5. The van der Waals surface area contributed by atoms with E-state index in [9.17, 15) is 14.7 Å². The summed E-state index contributed by atoms with van der Waals surface area (Å²) in [5.41, 5.74) is 1.51. The first-order valence-electron chi connectivity index (χ1n) is 11.7. The lowest BCUT2D eigenvalue weighted by atomic mass is 9.96. The van der Waals surface area contributed by atoms with Crippen molar-refractivity contribution in [2.24, 2.45) is 5.92 Å².